The summed E-state index contributed by atoms with van der Waals surface area (Å²) in [7, 11) is 0. The summed E-state index contributed by atoms with van der Waals surface area (Å²) in [5.74, 6) is 0.247. The molecule has 1 aromatic rings. The van der Waals surface area contributed by atoms with Gasteiger partial charge in [-0.3, -0.25) is 4.79 Å². The van der Waals surface area contributed by atoms with Crippen molar-refractivity contribution in [2.75, 3.05) is 5.88 Å². The third-order valence-corrected chi connectivity index (χ3v) is 2.86. The van der Waals surface area contributed by atoms with Gasteiger partial charge >= 0.3 is 0 Å². The van der Waals surface area contributed by atoms with Gasteiger partial charge in [0.2, 0.25) is 0 Å². The van der Waals surface area contributed by atoms with Crippen molar-refractivity contribution in [1.29, 1.82) is 0 Å². The molecule has 1 unspecified atom stereocenters. The summed E-state index contributed by atoms with van der Waals surface area (Å²) >= 11 is 5.78. The van der Waals surface area contributed by atoms with Crippen LogP contribution in [0.2, 0.25) is 0 Å². The van der Waals surface area contributed by atoms with E-state index in [1.807, 2.05) is 13.8 Å². The minimum Gasteiger partial charge on any atom is -0.472 e. The summed E-state index contributed by atoms with van der Waals surface area (Å²) in [5, 5.41) is 2.86. The Balaban J connectivity index is 2.65. The number of carbonyl (C=O) groups excluding carboxylic acids is 1. The highest BCUT2D eigenvalue weighted by molar-refractivity contribution is 6.18. The molecule has 14 heavy (non-hydrogen) atoms. The van der Waals surface area contributed by atoms with Gasteiger partial charge in [-0.2, -0.15) is 0 Å². The maximum absolute atomic E-state index is 11.6. The van der Waals surface area contributed by atoms with Crippen molar-refractivity contribution in [1.82, 2.24) is 5.32 Å². The number of rotatable bonds is 4. The van der Waals surface area contributed by atoms with Crippen LogP contribution in [-0.2, 0) is 0 Å². The molecule has 3 nitrogen and oxygen atoms in total. The van der Waals surface area contributed by atoms with Gasteiger partial charge in [0, 0.05) is 5.88 Å². The lowest BCUT2D eigenvalue weighted by atomic mass is 10.0. The Morgan fingerprint density at radius 1 is 1.71 bits per heavy atom. The summed E-state index contributed by atoms with van der Waals surface area (Å²) in [6, 6.07) is 1.62. The van der Waals surface area contributed by atoms with E-state index < -0.39 is 0 Å². The maximum Gasteiger partial charge on any atom is 0.254 e. The molecule has 4 heteroatoms. The zero-order valence-corrected chi connectivity index (χ0v) is 9.10. The van der Waals surface area contributed by atoms with Gasteiger partial charge < -0.3 is 9.73 Å². The molecule has 0 spiro atoms. The lowest BCUT2D eigenvalue weighted by Crippen LogP contribution is -2.46. The fourth-order valence-electron chi connectivity index (χ4n) is 0.956. The molecule has 0 bridgehead atoms. The van der Waals surface area contributed by atoms with E-state index in [1.54, 1.807) is 6.07 Å². The van der Waals surface area contributed by atoms with Crippen molar-refractivity contribution in [2.45, 2.75) is 25.8 Å². The van der Waals surface area contributed by atoms with Crippen LogP contribution < -0.4 is 5.32 Å². The highest BCUT2D eigenvalue weighted by atomic mass is 35.5. The van der Waals surface area contributed by atoms with Crippen LogP contribution in [0.1, 0.15) is 30.6 Å². The summed E-state index contributed by atoms with van der Waals surface area (Å²) in [5.41, 5.74) is 0.172. The number of carbonyl (C=O) groups is 1. The molecule has 0 radical (unpaired) electrons. The average molecular weight is 216 g/mol. The van der Waals surface area contributed by atoms with Gasteiger partial charge in [0.15, 0.2) is 0 Å². The topological polar surface area (TPSA) is 42.2 Å². The first-order valence-corrected chi connectivity index (χ1v) is 5.05. The highest BCUT2D eigenvalue weighted by Gasteiger charge is 2.23. The largest absolute Gasteiger partial charge is 0.472 e. The highest BCUT2D eigenvalue weighted by Crippen LogP contribution is 2.12. The van der Waals surface area contributed by atoms with Crippen molar-refractivity contribution >= 4 is 17.5 Å². The van der Waals surface area contributed by atoms with E-state index in [-0.39, 0.29) is 11.4 Å². The van der Waals surface area contributed by atoms with Crippen LogP contribution >= 0.6 is 11.6 Å². The van der Waals surface area contributed by atoms with Crippen LogP contribution in [0.25, 0.3) is 0 Å². The van der Waals surface area contributed by atoms with Crippen LogP contribution in [-0.4, -0.2) is 17.3 Å². The lowest BCUT2D eigenvalue weighted by molar-refractivity contribution is 0.0912. The van der Waals surface area contributed by atoms with Gasteiger partial charge in [0.25, 0.3) is 5.91 Å². The van der Waals surface area contributed by atoms with Crippen molar-refractivity contribution in [2.24, 2.45) is 0 Å². The predicted octanol–water partition coefficient (Wildman–Crippen LogP) is 2.42. The molecule has 1 aromatic heterocycles. The van der Waals surface area contributed by atoms with E-state index in [2.05, 4.69) is 5.32 Å². The standard InChI is InChI=1S/C10H14ClNO2/c1-3-10(2,7-11)12-9(13)8-4-5-14-6-8/h4-6H,3,7H2,1-2H3,(H,12,13). The Labute approximate surface area is 88.4 Å². The molecule has 0 aliphatic heterocycles. The van der Waals surface area contributed by atoms with Crippen LogP contribution in [0.3, 0.4) is 0 Å². The molecule has 0 saturated carbocycles. The minimum atomic E-state index is -0.351. The number of nitrogens with one attached hydrogen (secondary N) is 1. The molecule has 0 aliphatic carbocycles. The summed E-state index contributed by atoms with van der Waals surface area (Å²) < 4.78 is 4.82. The lowest BCUT2D eigenvalue weighted by Gasteiger charge is -2.26. The molecule has 1 heterocycles. The zero-order valence-electron chi connectivity index (χ0n) is 8.34. The number of hydrogen-bond acceptors (Lipinski definition) is 2. The van der Waals surface area contributed by atoms with Gasteiger partial charge in [0.1, 0.15) is 6.26 Å². The first-order valence-electron chi connectivity index (χ1n) is 4.52. The molecule has 1 N–H and O–H groups in total. The van der Waals surface area contributed by atoms with Crippen LogP contribution in [0.5, 0.6) is 0 Å². The van der Waals surface area contributed by atoms with E-state index in [9.17, 15) is 4.79 Å². The third kappa shape index (κ3) is 2.51. The summed E-state index contributed by atoms with van der Waals surface area (Å²) in [6.45, 7) is 3.90. The van der Waals surface area contributed by atoms with Gasteiger partial charge in [-0.25, -0.2) is 0 Å². The van der Waals surface area contributed by atoms with Crippen molar-refractivity contribution in [3.05, 3.63) is 24.2 Å². The molecule has 1 amide bonds. The predicted molar refractivity (Wildman–Crippen MR) is 55.6 cm³/mol. The van der Waals surface area contributed by atoms with Crippen LogP contribution in [0.15, 0.2) is 23.0 Å². The SMILES string of the molecule is CCC(C)(CCl)NC(=O)c1ccoc1. The molecule has 0 aromatic carbocycles. The monoisotopic (exact) mass is 215 g/mol. The van der Waals surface area contributed by atoms with E-state index in [0.717, 1.165) is 6.42 Å². The number of halogens is 1. The minimum absolute atomic E-state index is 0.149. The zero-order chi connectivity index (χ0) is 10.6. The van der Waals surface area contributed by atoms with Crippen molar-refractivity contribution < 1.29 is 9.21 Å². The normalized spacial score (nSPS) is 14.8. The molecular weight excluding hydrogens is 202 g/mol. The van der Waals surface area contributed by atoms with Gasteiger partial charge in [0.05, 0.1) is 17.4 Å². The summed E-state index contributed by atoms with van der Waals surface area (Å²) in [6.07, 6.45) is 3.68. The quantitative estimate of drug-likeness (QED) is 0.784. The number of amides is 1. The molecule has 0 aliphatic rings. The van der Waals surface area contributed by atoms with Crippen molar-refractivity contribution in [3.63, 3.8) is 0 Å². The Hall–Kier alpha value is -0.960. The van der Waals surface area contributed by atoms with E-state index >= 15 is 0 Å². The van der Waals surface area contributed by atoms with Gasteiger partial charge in [-0.05, 0) is 19.4 Å². The fraction of sp³-hybridized carbons (Fsp3) is 0.500. The van der Waals surface area contributed by atoms with Crippen molar-refractivity contribution in [3.8, 4) is 0 Å². The molecule has 1 rings (SSSR count). The fourth-order valence-corrected chi connectivity index (χ4v) is 1.21. The second-order valence-corrected chi connectivity index (χ2v) is 3.78. The second-order valence-electron chi connectivity index (χ2n) is 3.51. The van der Waals surface area contributed by atoms with Crippen LogP contribution in [0, 0.1) is 0 Å². The molecule has 0 fully saturated rings. The number of alkyl halides is 1. The number of furan rings is 1. The van der Waals surface area contributed by atoms with E-state index in [0.29, 0.717) is 11.4 Å². The second kappa shape index (κ2) is 4.51. The molecule has 0 saturated heterocycles. The van der Waals surface area contributed by atoms with Gasteiger partial charge in [-0.15, -0.1) is 11.6 Å². The van der Waals surface area contributed by atoms with Crippen LogP contribution in [0.4, 0.5) is 0 Å². The smallest absolute Gasteiger partial charge is 0.254 e. The Morgan fingerprint density at radius 2 is 2.43 bits per heavy atom. The maximum atomic E-state index is 11.6. The Morgan fingerprint density at radius 3 is 2.86 bits per heavy atom. The molecule has 1 atom stereocenters. The first-order chi connectivity index (χ1) is 6.61. The van der Waals surface area contributed by atoms with E-state index in [4.69, 9.17) is 16.0 Å². The Bertz CT molecular complexity index is 291. The van der Waals surface area contributed by atoms with Gasteiger partial charge in [-0.1, -0.05) is 6.92 Å². The molecule has 78 valence electrons. The number of hydrogen-bond donors (Lipinski definition) is 1. The van der Waals surface area contributed by atoms with E-state index in [1.165, 1.54) is 12.5 Å². The first kappa shape index (κ1) is 11.1. The molecular formula is C10H14ClNO2. The average Bonchev–Trinajstić information content (AvgIpc) is 2.70. The summed E-state index contributed by atoms with van der Waals surface area (Å²) in [4.78, 5) is 11.6. The Kier molecular flexibility index (Phi) is 3.58. The third-order valence-electron chi connectivity index (χ3n) is 2.27.